The summed E-state index contributed by atoms with van der Waals surface area (Å²) >= 11 is 6.74. The summed E-state index contributed by atoms with van der Waals surface area (Å²) < 4.78 is 7.50. The van der Waals surface area contributed by atoms with E-state index in [2.05, 4.69) is 42.9 Å². The number of halogens is 1. The van der Waals surface area contributed by atoms with Gasteiger partial charge in [0.1, 0.15) is 0 Å². The van der Waals surface area contributed by atoms with Gasteiger partial charge < -0.3 is 20.1 Å². The van der Waals surface area contributed by atoms with E-state index in [-0.39, 0.29) is 6.10 Å². The van der Waals surface area contributed by atoms with Crippen molar-refractivity contribution in [3.63, 3.8) is 0 Å². The number of aliphatic hydroxyl groups is 1. The molecule has 0 bridgehead atoms. The zero-order valence-electron chi connectivity index (χ0n) is 21.4. The molecule has 198 valence electrons. The minimum atomic E-state index is -0.332. The Hall–Kier alpha value is -2.30. The first-order valence-corrected chi connectivity index (χ1v) is 13.9. The molecule has 1 aromatic carbocycles. The van der Waals surface area contributed by atoms with Gasteiger partial charge in [-0.2, -0.15) is 5.10 Å². The van der Waals surface area contributed by atoms with Crippen LogP contribution in [0, 0.1) is 6.92 Å². The lowest BCUT2D eigenvalue weighted by atomic mass is 9.88. The average molecular weight is 526 g/mol. The number of aliphatic hydroxyl groups excluding tert-OH is 1. The Morgan fingerprint density at radius 1 is 1.05 bits per heavy atom. The summed E-state index contributed by atoms with van der Waals surface area (Å²) in [5, 5.41) is 20.2. The highest BCUT2D eigenvalue weighted by atomic mass is 35.5. The number of rotatable bonds is 8. The second kappa shape index (κ2) is 10.8. The van der Waals surface area contributed by atoms with E-state index in [1.54, 1.807) is 0 Å². The van der Waals surface area contributed by atoms with Gasteiger partial charge in [-0.05, 0) is 69.3 Å². The van der Waals surface area contributed by atoms with Crippen LogP contribution in [-0.4, -0.2) is 93.2 Å². The van der Waals surface area contributed by atoms with E-state index in [9.17, 15) is 5.11 Å². The van der Waals surface area contributed by atoms with Crippen molar-refractivity contribution in [2.75, 3.05) is 57.8 Å². The first-order valence-electron chi connectivity index (χ1n) is 13.5. The molecule has 0 radical (unpaired) electrons. The number of fused-ring (bicyclic) bond motifs is 1. The van der Waals surface area contributed by atoms with Crippen LogP contribution in [0.5, 0.6) is 0 Å². The second-order valence-electron chi connectivity index (χ2n) is 10.7. The number of hydrogen-bond acceptors (Lipinski definition) is 8. The number of nitrogens with one attached hydrogen (secondary N) is 1. The minimum absolute atomic E-state index is 0.332. The van der Waals surface area contributed by atoms with Crippen LogP contribution in [0.4, 0.5) is 11.6 Å². The summed E-state index contributed by atoms with van der Waals surface area (Å²) in [4.78, 5) is 14.0. The topological polar surface area (TPSA) is 91.6 Å². The van der Waals surface area contributed by atoms with Crippen molar-refractivity contribution < 1.29 is 9.84 Å². The normalized spacial score (nSPS) is 20.9. The van der Waals surface area contributed by atoms with Gasteiger partial charge in [0, 0.05) is 42.8 Å². The Kier molecular flexibility index (Phi) is 7.31. The van der Waals surface area contributed by atoms with Gasteiger partial charge in [-0.3, -0.25) is 9.58 Å². The Morgan fingerprint density at radius 2 is 1.78 bits per heavy atom. The van der Waals surface area contributed by atoms with Crippen LogP contribution in [0.25, 0.3) is 10.9 Å². The molecule has 3 aliphatic rings. The number of anilines is 2. The van der Waals surface area contributed by atoms with Crippen LogP contribution in [0.1, 0.15) is 48.9 Å². The Bertz CT molecular complexity index is 1230. The summed E-state index contributed by atoms with van der Waals surface area (Å²) in [7, 11) is 0. The van der Waals surface area contributed by atoms with Crippen molar-refractivity contribution in [2.45, 2.75) is 50.7 Å². The lowest BCUT2D eigenvalue weighted by Gasteiger charge is -2.35. The summed E-state index contributed by atoms with van der Waals surface area (Å²) in [6, 6.07) is 4.67. The average Bonchev–Trinajstić information content (AvgIpc) is 3.68. The first kappa shape index (κ1) is 25.0. The van der Waals surface area contributed by atoms with E-state index < -0.39 is 0 Å². The second-order valence-corrected chi connectivity index (χ2v) is 11.1. The van der Waals surface area contributed by atoms with E-state index >= 15 is 0 Å². The largest absolute Gasteiger partial charge is 0.390 e. The number of morpholine rings is 1. The third-order valence-electron chi connectivity index (χ3n) is 7.95. The van der Waals surface area contributed by atoms with E-state index in [1.165, 1.54) is 12.8 Å². The molecule has 1 saturated carbocycles. The number of nitrogens with zero attached hydrogens (tertiary/aromatic N) is 6. The van der Waals surface area contributed by atoms with Crippen LogP contribution in [0.3, 0.4) is 0 Å². The Balaban J connectivity index is 1.09. The fourth-order valence-electron chi connectivity index (χ4n) is 5.66. The van der Waals surface area contributed by atoms with Crippen molar-refractivity contribution in [3.05, 3.63) is 40.8 Å². The molecule has 1 atom stereocenters. The molecular weight excluding hydrogens is 490 g/mol. The zero-order valence-corrected chi connectivity index (χ0v) is 22.2. The third-order valence-corrected chi connectivity index (χ3v) is 8.28. The SMILES string of the molecule is Cc1c(Nc2ncc3cc(Cl)c(C4CCN(CC(O)CN5CCOCC5)CC4)cc3n2)cnn1C1CC1. The van der Waals surface area contributed by atoms with Crippen molar-refractivity contribution in [3.8, 4) is 0 Å². The van der Waals surface area contributed by atoms with Crippen molar-refractivity contribution >= 4 is 34.1 Å². The van der Waals surface area contributed by atoms with Crippen molar-refractivity contribution in [1.29, 1.82) is 0 Å². The summed E-state index contributed by atoms with van der Waals surface area (Å²) in [6.07, 6.45) is 7.80. The van der Waals surface area contributed by atoms with Crippen LogP contribution >= 0.6 is 11.6 Å². The Labute approximate surface area is 222 Å². The van der Waals surface area contributed by atoms with E-state index in [4.69, 9.17) is 21.3 Å². The van der Waals surface area contributed by atoms with Crippen molar-refractivity contribution in [2.24, 2.45) is 0 Å². The molecule has 6 rings (SSSR count). The van der Waals surface area contributed by atoms with E-state index in [1.807, 2.05) is 18.5 Å². The number of hydrogen-bond donors (Lipinski definition) is 2. The molecule has 1 aliphatic carbocycles. The molecule has 10 heteroatoms. The lowest BCUT2D eigenvalue weighted by Crippen LogP contribution is -2.46. The fourth-order valence-corrected chi connectivity index (χ4v) is 5.98. The summed E-state index contributed by atoms with van der Waals surface area (Å²) in [5.74, 6) is 0.957. The van der Waals surface area contributed by atoms with Gasteiger partial charge in [0.05, 0.1) is 48.5 Å². The molecule has 37 heavy (non-hydrogen) atoms. The molecule has 4 heterocycles. The molecule has 0 spiro atoms. The smallest absolute Gasteiger partial charge is 0.227 e. The van der Waals surface area contributed by atoms with Crippen LogP contribution in [-0.2, 0) is 4.74 Å². The van der Waals surface area contributed by atoms with Gasteiger partial charge in [0.2, 0.25) is 5.95 Å². The predicted octanol–water partition coefficient (Wildman–Crippen LogP) is 3.74. The van der Waals surface area contributed by atoms with Crippen LogP contribution < -0.4 is 5.32 Å². The third kappa shape index (κ3) is 5.76. The molecule has 9 nitrogen and oxygen atoms in total. The van der Waals surface area contributed by atoms with Gasteiger partial charge in [-0.25, -0.2) is 9.97 Å². The fraction of sp³-hybridized carbons (Fsp3) is 0.593. The Morgan fingerprint density at radius 3 is 2.51 bits per heavy atom. The van der Waals surface area contributed by atoms with Crippen LogP contribution in [0.2, 0.25) is 5.02 Å². The van der Waals surface area contributed by atoms with Crippen molar-refractivity contribution in [1.82, 2.24) is 29.5 Å². The number of β-amino-alcohol motifs (C(OH)–C–C–N with tert-alkyl or cyclic N) is 1. The summed E-state index contributed by atoms with van der Waals surface area (Å²) in [5.41, 5.74) is 4.12. The number of likely N-dealkylation sites (tertiary alicyclic amines) is 1. The molecule has 2 aliphatic heterocycles. The monoisotopic (exact) mass is 525 g/mol. The molecule has 0 amide bonds. The summed E-state index contributed by atoms with van der Waals surface area (Å²) in [6.45, 7) is 8.77. The molecular formula is C27H36ClN7O2. The molecule has 2 N–H and O–H groups in total. The minimum Gasteiger partial charge on any atom is -0.390 e. The zero-order chi connectivity index (χ0) is 25.4. The predicted molar refractivity (Wildman–Crippen MR) is 145 cm³/mol. The van der Waals surface area contributed by atoms with E-state index in [0.717, 1.165) is 91.6 Å². The molecule has 2 aromatic heterocycles. The highest BCUT2D eigenvalue weighted by Crippen LogP contribution is 2.37. The molecule has 3 fully saturated rings. The van der Waals surface area contributed by atoms with Gasteiger partial charge in [0.15, 0.2) is 0 Å². The molecule has 2 saturated heterocycles. The van der Waals surface area contributed by atoms with Gasteiger partial charge in [-0.15, -0.1) is 0 Å². The van der Waals surface area contributed by atoms with Gasteiger partial charge in [-0.1, -0.05) is 11.6 Å². The number of ether oxygens (including phenoxy) is 1. The highest BCUT2D eigenvalue weighted by Gasteiger charge is 2.27. The first-order chi connectivity index (χ1) is 18.0. The van der Waals surface area contributed by atoms with Crippen LogP contribution in [0.15, 0.2) is 24.5 Å². The quantitative estimate of drug-likeness (QED) is 0.459. The number of aromatic nitrogens is 4. The molecule has 1 unspecified atom stereocenters. The van der Waals surface area contributed by atoms with Gasteiger partial charge in [0.25, 0.3) is 0 Å². The number of benzene rings is 1. The van der Waals surface area contributed by atoms with E-state index in [0.29, 0.717) is 24.5 Å². The maximum absolute atomic E-state index is 10.6. The van der Waals surface area contributed by atoms with Gasteiger partial charge >= 0.3 is 0 Å². The number of piperidine rings is 1. The lowest BCUT2D eigenvalue weighted by molar-refractivity contribution is 0.00509. The maximum atomic E-state index is 10.6. The highest BCUT2D eigenvalue weighted by molar-refractivity contribution is 6.32. The molecule has 3 aromatic rings. The standard InChI is InChI=1S/C27H36ClN7O2/c1-18-26(15-30-35(18)21-2-3-21)32-27-29-14-20-12-24(28)23(13-25(20)31-27)19-4-6-33(7-5-19)16-22(36)17-34-8-10-37-11-9-34/h12-15,19,21-22,36H,2-11,16-17H2,1H3,(H,29,31,32). The maximum Gasteiger partial charge on any atom is 0.227 e.